The van der Waals surface area contributed by atoms with Crippen molar-refractivity contribution in [1.82, 2.24) is 0 Å². The van der Waals surface area contributed by atoms with Gasteiger partial charge in [-0.2, -0.15) is 0 Å². The molecule has 1 heterocycles. The van der Waals surface area contributed by atoms with Gasteiger partial charge in [-0.05, 0) is 95.1 Å². The predicted molar refractivity (Wildman–Crippen MR) is 180 cm³/mol. The van der Waals surface area contributed by atoms with Crippen molar-refractivity contribution >= 4 is 32.3 Å². The SMILES string of the molecule is [2H]c1c([2H])c([2H])c(-c2c3c(c(-c4c([2H])c([2H])c5c6c(c([2H])c([2H])c([2H])c46)-c4c([2H])c([2H])c([2H])c([2H])c4O5)c4c([2H])c([2H])c([2H])c([2H])c24)-c2c([2H])c([2H])c([2H])c4c([2H])c([2H])c([2H])c-3c24)c([2H])c1[2H]. The molecule has 0 unspecified atom stereocenters. The molecule has 1 nitrogen and oxygen atoms in total. The van der Waals surface area contributed by atoms with E-state index in [1.807, 2.05) is 0 Å². The van der Waals surface area contributed by atoms with Crippen LogP contribution in [-0.2, 0) is 0 Å². The Morgan fingerprint density at radius 1 is 0.349 bits per heavy atom. The number of hydrogen-bond donors (Lipinski definition) is 0. The quantitative estimate of drug-likeness (QED) is 0.201. The Morgan fingerprint density at radius 2 is 0.953 bits per heavy atom. The van der Waals surface area contributed by atoms with Crippen LogP contribution in [0.3, 0.4) is 0 Å². The van der Waals surface area contributed by atoms with Gasteiger partial charge in [0, 0.05) is 10.9 Å². The van der Waals surface area contributed by atoms with Crippen LogP contribution in [0.2, 0.25) is 0 Å². The molecule has 198 valence electrons. The molecule has 0 bridgehead atoms. The summed E-state index contributed by atoms with van der Waals surface area (Å²) in [6, 6.07) is -20.2. The second-order valence-corrected chi connectivity index (χ2v) is 9.76. The van der Waals surface area contributed by atoms with Crippen LogP contribution >= 0.6 is 0 Å². The molecule has 0 spiro atoms. The standard InChI is InChI=1S/C42H24O/c1-2-11-26(12-3-1)38-29-16-4-5-17-31(29)40(42-34-21-9-14-25-13-8-20-33(37(25)34)41(38)42)32-23-24-36-39-28(18-10-19-30(32)39)27-15-6-7-22-35(27)43-36/h1-24H/i1D,2D,3D,4D,5D,6D,7D,8D,9D,10D,11D,12D,13D,14D,15D,16D,17D,18D,19D,20D,21D,22D,23D,24D. The number of ether oxygens (including phenoxy) is 1. The Hall–Kier alpha value is -5.66. The average molecular weight is 569 g/mol. The van der Waals surface area contributed by atoms with Crippen molar-refractivity contribution in [3.05, 3.63) is 145 Å². The molecule has 0 amide bonds. The number of rotatable bonds is 2. The molecule has 1 aliphatic carbocycles. The lowest BCUT2D eigenvalue weighted by Crippen LogP contribution is -1.99. The van der Waals surface area contributed by atoms with E-state index >= 15 is 0 Å². The molecule has 0 radical (unpaired) electrons. The lowest BCUT2D eigenvalue weighted by Gasteiger charge is -2.24. The average Bonchev–Trinajstić information content (AvgIpc) is 3.65. The highest BCUT2D eigenvalue weighted by Crippen LogP contribution is 2.59. The van der Waals surface area contributed by atoms with Gasteiger partial charge in [-0.3, -0.25) is 0 Å². The third kappa shape index (κ3) is 3.01. The van der Waals surface area contributed by atoms with Crippen LogP contribution in [-0.4, -0.2) is 0 Å². The van der Waals surface area contributed by atoms with Gasteiger partial charge in [-0.15, -0.1) is 0 Å². The maximum atomic E-state index is 9.76. The van der Waals surface area contributed by atoms with Gasteiger partial charge in [0.05, 0.1) is 32.9 Å². The molecule has 0 atom stereocenters. The van der Waals surface area contributed by atoms with Crippen molar-refractivity contribution in [3.63, 3.8) is 0 Å². The summed E-state index contributed by atoms with van der Waals surface area (Å²) in [5.41, 5.74) is -5.08. The molecule has 0 N–H and O–H groups in total. The molecule has 8 aromatic rings. The van der Waals surface area contributed by atoms with E-state index in [4.69, 9.17) is 25.3 Å². The van der Waals surface area contributed by atoms with E-state index in [1.54, 1.807) is 0 Å². The van der Waals surface area contributed by atoms with Gasteiger partial charge in [0.1, 0.15) is 11.5 Å². The van der Waals surface area contributed by atoms with Crippen LogP contribution in [0.1, 0.15) is 32.9 Å². The summed E-state index contributed by atoms with van der Waals surface area (Å²) in [6.45, 7) is 0. The van der Waals surface area contributed by atoms with Gasteiger partial charge in [0.2, 0.25) is 0 Å². The molecule has 8 aromatic carbocycles. The summed E-state index contributed by atoms with van der Waals surface area (Å²) in [5.74, 6) is -1.16. The van der Waals surface area contributed by atoms with Crippen LogP contribution in [0.5, 0.6) is 11.5 Å². The van der Waals surface area contributed by atoms with E-state index in [0.29, 0.717) is 0 Å². The highest BCUT2D eigenvalue weighted by molar-refractivity contribution is 6.29. The fraction of sp³-hybridized carbons (Fsp3) is 0. The normalized spacial score (nSPS) is 20.2. The summed E-state index contributed by atoms with van der Waals surface area (Å²) in [5, 5.41) is -2.96. The van der Waals surface area contributed by atoms with E-state index in [1.165, 1.54) is 0 Å². The zero-order valence-corrected chi connectivity index (χ0v) is 21.4. The minimum absolute atomic E-state index is 0.318. The summed E-state index contributed by atoms with van der Waals surface area (Å²) in [6.07, 6.45) is 0. The topological polar surface area (TPSA) is 9.23 Å². The van der Waals surface area contributed by atoms with Gasteiger partial charge in [-0.25, -0.2) is 0 Å². The van der Waals surface area contributed by atoms with E-state index < -0.39 is 239 Å². The smallest absolute Gasteiger partial charge is 0.135 e. The molecular formula is C42H24O. The molecule has 0 aromatic heterocycles. The molecule has 0 saturated heterocycles. The van der Waals surface area contributed by atoms with Gasteiger partial charge >= 0.3 is 0 Å². The van der Waals surface area contributed by atoms with Crippen molar-refractivity contribution in [2.75, 3.05) is 0 Å². The molecule has 10 rings (SSSR count). The second-order valence-electron chi connectivity index (χ2n) is 9.76. The van der Waals surface area contributed by atoms with Crippen LogP contribution in [0.4, 0.5) is 0 Å². The number of fused-ring (bicyclic) bond motifs is 6. The van der Waals surface area contributed by atoms with Crippen molar-refractivity contribution in [2.45, 2.75) is 0 Å². The Kier molecular flexibility index (Phi) is 1.96. The minimum atomic E-state index is -0.933. The van der Waals surface area contributed by atoms with E-state index in [0.717, 1.165) is 0 Å². The van der Waals surface area contributed by atoms with E-state index in [9.17, 15) is 12.3 Å². The molecule has 0 fully saturated rings. The van der Waals surface area contributed by atoms with Crippen LogP contribution in [0, 0.1) is 0 Å². The fourth-order valence-corrected chi connectivity index (χ4v) is 6.08. The van der Waals surface area contributed by atoms with Crippen LogP contribution < -0.4 is 4.74 Å². The lowest BCUT2D eigenvalue weighted by atomic mass is 9.81. The molecule has 2 aliphatic rings. The first-order chi connectivity index (χ1) is 31.3. The minimum Gasteiger partial charge on any atom is -0.456 e. The third-order valence-corrected chi connectivity index (χ3v) is 7.70. The first-order valence-electron chi connectivity index (χ1n) is 24.9. The van der Waals surface area contributed by atoms with Crippen molar-refractivity contribution < 1.29 is 37.6 Å². The fourth-order valence-electron chi connectivity index (χ4n) is 6.08. The summed E-state index contributed by atoms with van der Waals surface area (Å²) >= 11 is 0. The lowest BCUT2D eigenvalue weighted by molar-refractivity contribution is 0.487. The summed E-state index contributed by atoms with van der Waals surface area (Å²) < 4.78 is 223. The molecule has 43 heavy (non-hydrogen) atoms. The number of hydrogen-bond acceptors (Lipinski definition) is 1. The Balaban J connectivity index is 1.61. The van der Waals surface area contributed by atoms with Gasteiger partial charge in [-0.1, -0.05) is 127 Å². The molecule has 0 saturated carbocycles. The monoisotopic (exact) mass is 568 g/mol. The van der Waals surface area contributed by atoms with E-state index in [-0.39, 0.29) is 5.39 Å². The number of para-hydroxylation sites is 1. The zero-order chi connectivity index (χ0) is 49.0. The molecule has 1 heteroatoms. The van der Waals surface area contributed by atoms with Crippen LogP contribution in [0.15, 0.2) is 145 Å². The largest absolute Gasteiger partial charge is 0.456 e. The maximum absolute atomic E-state index is 9.76. The highest BCUT2D eigenvalue weighted by Gasteiger charge is 2.31. The first-order valence-corrected chi connectivity index (χ1v) is 12.9. The zero-order valence-electron chi connectivity index (χ0n) is 45.4. The van der Waals surface area contributed by atoms with Gasteiger partial charge < -0.3 is 4.74 Å². The Morgan fingerprint density at radius 3 is 1.77 bits per heavy atom. The summed E-state index contributed by atoms with van der Waals surface area (Å²) in [7, 11) is 0. The summed E-state index contributed by atoms with van der Waals surface area (Å²) in [4.78, 5) is 0. The number of benzene rings is 8. The van der Waals surface area contributed by atoms with Crippen molar-refractivity contribution in [2.24, 2.45) is 0 Å². The van der Waals surface area contributed by atoms with Crippen LogP contribution in [0.25, 0.3) is 88.0 Å². The Labute approximate surface area is 283 Å². The van der Waals surface area contributed by atoms with Crippen molar-refractivity contribution in [1.29, 1.82) is 0 Å². The predicted octanol–water partition coefficient (Wildman–Crippen LogP) is 11.9. The maximum Gasteiger partial charge on any atom is 0.135 e. The van der Waals surface area contributed by atoms with Gasteiger partial charge in [0.25, 0.3) is 0 Å². The molecular weight excluding hydrogens is 520 g/mol. The Bertz CT molecular complexity index is 3780. The van der Waals surface area contributed by atoms with Gasteiger partial charge in [0.15, 0.2) is 0 Å². The highest BCUT2D eigenvalue weighted by atomic mass is 16.5. The second kappa shape index (κ2) is 8.44. The third-order valence-electron chi connectivity index (χ3n) is 7.70. The van der Waals surface area contributed by atoms with E-state index in [2.05, 4.69) is 0 Å². The van der Waals surface area contributed by atoms with Crippen molar-refractivity contribution in [3.8, 4) is 67.1 Å². The first kappa shape index (κ1) is 9.97. The molecule has 1 aliphatic heterocycles.